The molecular weight excluding hydrogens is 769 g/mol. The molecule has 0 unspecified atom stereocenters. The Hall–Kier alpha value is -4.46. The van der Waals surface area contributed by atoms with E-state index in [9.17, 15) is 0 Å². The average Bonchev–Trinajstić information content (AvgIpc) is 4.01. The Morgan fingerprint density at radius 3 is 0.903 bits per heavy atom. The van der Waals surface area contributed by atoms with Gasteiger partial charge in [0.1, 0.15) is 11.5 Å². The van der Waals surface area contributed by atoms with Crippen LogP contribution in [0.3, 0.4) is 0 Å². The van der Waals surface area contributed by atoms with Crippen LogP contribution in [-0.2, 0) is 0 Å². The van der Waals surface area contributed by atoms with Crippen molar-refractivity contribution in [2.24, 2.45) is 0 Å². The summed E-state index contributed by atoms with van der Waals surface area (Å²) in [4.78, 5) is 0. The molecule has 0 amide bonds. The van der Waals surface area contributed by atoms with Gasteiger partial charge in [0.2, 0.25) is 23.6 Å². The van der Waals surface area contributed by atoms with E-state index in [2.05, 4.69) is 34.2 Å². The zero-order valence-corrected chi connectivity index (χ0v) is 38.6. The fraction of sp³-hybridized carbons (Fsp3) is 0.593. The third-order valence-corrected chi connectivity index (χ3v) is 11.9. The molecule has 0 atom stereocenters. The summed E-state index contributed by atoms with van der Waals surface area (Å²) in [6.07, 6.45) is 37.7. The fourth-order valence-electron chi connectivity index (χ4n) is 8.08. The number of hydrogen-bond acceptors (Lipinski definition) is 8. The molecule has 8 nitrogen and oxygen atoms in total. The predicted octanol–water partition coefficient (Wildman–Crippen LogP) is 16.8. The normalized spacial score (nSPS) is 11.4. The van der Waals surface area contributed by atoms with Gasteiger partial charge in [-0.1, -0.05) is 193 Å². The standard InChI is InChI=1S/C54H78N4O4/c1-3-5-7-9-11-13-15-17-19-21-23-25-27-29-41-59-49-35-31-33-47(43-49)53-57-55-51(61-53)45-37-39-46(40-38-45)52-56-58-54(62-52)48-34-32-36-50(44-48)60-42-30-28-26-24-22-20-18-16-14-12-10-8-6-4-2/h31-40,43-44H,3-30,41-42H2,1-2H3. The zero-order valence-electron chi connectivity index (χ0n) is 38.6. The first kappa shape index (κ1) is 48.6. The molecule has 0 N–H and O–H groups in total. The lowest BCUT2D eigenvalue weighted by Crippen LogP contribution is -1.97. The van der Waals surface area contributed by atoms with Gasteiger partial charge in [-0.3, -0.25) is 0 Å². The second-order valence-electron chi connectivity index (χ2n) is 17.3. The van der Waals surface area contributed by atoms with Gasteiger partial charge in [-0.2, -0.15) is 0 Å². The summed E-state index contributed by atoms with van der Waals surface area (Å²) in [7, 11) is 0. The van der Waals surface area contributed by atoms with Gasteiger partial charge in [-0.05, 0) is 73.5 Å². The van der Waals surface area contributed by atoms with Crippen molar-refractivity contribution in [3.8, 4) is 57.3 Å². The molecule has 8 heteroatoms. The van der Waals surface area contributed by atoms with Crippen LogP contribution in [0.25, 0.3) is 45.8 Å². The van der Waals surface area contributed by atoms with Gasteiger partial charge < -0.3 is 18.3 Å². The quantitative estimate of drug-likeness (QED) is 0.0368. The Balaban J connectivity index is 0.956. The highest BCUT2D eigenvalue weighted by molar-refractivity contribution is 5.64. The molecule has 0 aliphatic rings. The second-order valence-corrected chi connectivity index (χ2v) is 17.3. The first-order valence-electron chi connectivity index (χ1n) is 25.0. The van der Waals surface area contributed by atoms with Crippen molar-refractivity contribution in [2.45, 2.75) is 194 Å². The van der Waals surface area contributed by atoms with Crippen molar-refractivity contribution in [1.82, 2.24) is 20.4 Å². The number of nitrogens with zero attached hydrogens (tertiary/aromatic N) is 4. The maximum Gasteiger partial charge on any atom is 0.248 e. The molecule has 0 spiro atoms. The minimum Gasteiger partial charge on any atom is -0.494 e. The van der Waals surface area contributed by atoms with Crippen LogP contribution >= 0.6 is 0 Å². The lowest BCUT2D eigenvalue weighted by atomic mass is 10.0. The largest absolute Gasteiger partial charge is 0.494 e. The van der Waals surface area contributed by atoms with Crippen LogP contribution in [0.15, 0.2) is 81.6 Å². The molecule has 0 fully saturated rings. The van der Waals surface area contributed by atoms with Crippen molar-refractivity contribution in [1.29, 1.82) is 0 Å². The number of benzene rings is 3. The van der Waals surface area contributed by atoms with E-state index >= 15 is 0 Å². The van der Waals surface area contributed by atoms with E-state index in [0.717, 1.165) is 46.6 Å². The van der Waals surface area contributed by atoms with E-state index in [1.807, 2.05) is 72.8 Å². The molecule has 5 rings (SSSR count). The van der Waals surface area contributed by atoms with Crippen molar-refractivity contribution >= 4 is 0 Å². The monoisotopic (exact) mass is 847 g/mol. The van der Waals surface area contributed by atoms with Gasteiger partial charge in [0, 0.05) is 22.3 Å². The summed E-state index contributed by atoms with van der Waals surface area (Å²) < 4.78 is 24.4. The summed E-state index contributed by atoms with van der Waals surface area (Å²) in [5.74, 6) is 3.44. The van der Waals surface area contributed by atoms with Crippen LogP contribution in [-0.4, -0.2) is 33.6 Å². The average molecular weight is 847 g/mol. The molecule has 338 valence electrons. The Morgan fingerprint density at radius 1 is 0.323 bits per heavy atom. The maximum absolute atomic E-state index is 6.10. The highest BCUT2D eigenvalue weighted by Crippen LogP contribution is 2.30. The molecule has 0 radical (unpaired) electrons. The molecule has 62 heavy (non-hydrogen) atoms. The summed E-state index contributed by atoms with van der Waals surface area (Å²) >= 11 is 0. The van der Waals surface area contributed by atoms with Gasteiger partial charge in [0.05, 0.1) is 13.2 Å². The first-order chi connectivity index (χ1) is 30.7. The minimum absolute atomic E-state index is 0.442. The van der Waals surface area contributed by atoms with Gasteiger partial charge in [0.15, 0.2) is 0 Å². The van der Waals surface area contributed by atoms with Crippen LogP contribution in [0.1, 0.15) is 194 Å². The number of ether oxygens (including phenoxy) is 2. The summed E-state index contributed by atoms with van der Waals surface area (Å²) in [5.41, 5.74) is 3.28. The Morgan fingerprint density at radius 2 is 0.597 bits per heavy atom. The third-order valence-electron chi connectivity index (χ3n) is 11.9. The van der Waals surface area contributed by atoms with E-state index in [1.54, 1.807) is 0 Å². The van der Waals surface area contributed by atoms with E-state index in [4.69, 9.17) is 18.3 Å². The second kappa shape index (κ2) is 30.6. The van der Waals surface area contributed by atoms with E-state index < -0.39 is 0 Å². The highest BCUT2D eigenvalue weighted by Gasteiger charge is 2.15. The zero-order chi connectivity index (χ0) is 43.1. The predicted molar refractivity (Wildman–Crippen MR) is 256 cm³/mol. The van der Waals surface area contributed by atoms with Crippen molar-refractivity contribution < 1.29 is 18.3 Å². The van der Waals surface area contributed by atoms with E-state index in [-0.39, 0.29) is 0 Å². The van der Waals surface area contributed by atoms with Crippen molar-refractivity contribution in [2.75, 3.05) is 13.2 Å². The lowest BCUT2D eigenvalue weighted by molar-refractivity contribution is 0.304. The molecule has 3 aromatic carbocycles. The Kier molecular flexibility index (Phi) is 23.9. The number of hydrogen-bond donors (Lipinski definition) is 0. The van der Waals surface area contributed by atoms with Crippen LogP contribution in [0.5, 0.6) is 11.5 Å². The molecule has 2 aromatic heterocycles. The molecule has 0 saturated carbocycles. The van der Waals surface area contributed by atoms with Crippen molar-refractivity contribution in [3.05, 3.63) is 72.8 Å². The first-order valence-corrected chi connectivity index (χ1v) is 25.0. The van der Waals surface area contributed by atoms with Crippen LogP contribution in [0.4, 0.5) is 0 Å². The summed E-state index contributed by atoms with van der Waals surface area (Å²) in [5, 5.41) is 17.3. The van der Waals surface area contributed by atoms with Crippen LogP contribution in [0, 0.1) is 0 Å². The minimum atomic E-state index is 0.442. The van der Waals surface area contributed by atoms with Gasteiger partial charge in [-0.15, -0.1) is 20.4 Å². The SMILES string of the molecule is CCCCCCCCCCCCCCCCOc1cccc(-c2nnc(-c3ccc(-c4nnc(-c5cccc(OCCCCCCCCCCCCCCCC)c5)o4)cc3)o2)c1. The lowest BCUT2D eigenvalue weighted by Gasteiger charge is -2.07. The molecule has 0 aliphatic heterocycles. The van der Waals surface area contributed by atoms with E-state index in [0.29, 0.717) is 36.8 Å². The molecule has 2 heterocycles. The van der Waals surface area contributed by atoms with Crippen LogP contribution in [0.2, 0.25) is 0 Å². The van der Waals surface area contributed by atoms with E-state index in [1.165, 1.54) is 167 Å². The molecule has 0 aliphatic carbocycles. The van der Waals surface area contributed by atoms with Gasteiger partial charge in [0.25, 0.3) is 0 Å². The Labute approximate surface area is 374 Å². The molecule has 0 bridgehead atoms. The highest BCUT2D eigenvalue weighted by atomic mass is 16.5. The van der Waals surface area contributed by atoms with Gasteiger partial charge >= 0.3 is 0 Å². The maximum atomic E-state index is 6.10. The van der Waals surface area contributed by atoms with Crippen LogP contribution < -0.4 is 9.47 Å². The number of rotatable bonds is 36. The number of unbranched alkanes of at least 4 members (excludes halogenated alkanes) is 26. The summed E-state index contributed by atoms with van der Waals surface area (Å²) in [6.45, 7) is 6.00. The van der Waals surface area contributed by atoms with Crippen molar-refractivity contribution in [3.63, 3.8) is 0 Å². The Bertz CT molecular complexity index is 1730. The topological polar surface area (TPSA) is 96.3 Å². The summed E-state index contributed by atoms with van der Waals surface area (Å²) in [6, 6.07) is 23.5. The molecule has 0 saturated heterocycles. The third kappa shape index (κ3) is 18.9. The smallest absolute Gasteiger partial charge is 0.248 e. The molecule has 5 aromatic rings. The number of aromatic nitrogens is 4. The fourth-order valence-corrected chi connectivity index (χ4v) is 8.08. The van der Waals surface area contributed by atoms with Gasteiger partial charge in [-0.25, -0.2) is 0 Å². The molecular formula is C54H78N4O4.